The van der Waals surface area contributed by atoms with E-state index in [4.69, 9.17) is 0 Å². The van der Waals surface area contributed by atoms with Gasteiger partial charge in [0.25, 0.3) is 0 Å². The first-order valence-corrected chi connectivity index (χ1v) is 7.92. The fourth-order valence-corrected chi connectivity index (χ4v) is 3.82. The van der Waals surface area contributed by atoms with Gasteiger partial charge in [0.2, 0.25) is 0 Å². The molecule has 1 saturated heterocycles. The zero-order valence-corrected chi connectivity index (χ0v) is 11.0. The van der Waals surface area contributed by atoms with Crippen molar-refractivity contribution in [3.05, 3.63) is 29.8 Å². The van der Waals surface area contributed by atoms with Crippen LogP contribution in [0.5, 0.6) is 0 Å². The summed E-state index contributed by atoms with van der Waals surface area (Å²) < 4.78 is 36.6. The van der Waals surface area contributed by atoms with Crippen LogP contribution in [0.25, 0.3) is 11.0 Å². The second-order valence-electron chi connectivity index (χ2n) is 4.79. The number of rotatable bonds is 2. The monoisotopic (exact) mass is 283 g/mol. The Labute approximate surface area is 110 Å². The number of sulfone groups is 1. The SMILES string of the molecule is O=S1(=O)CCNC(Cc2nc3c(F)cccc3[nH]2)C1. The van der Waals surface area contributed by atoms with Crippen LogP contribution in [-0.4, -0.2) is 42.5 Å². The van der Waals surface area contributed by atoms with Crippen LogP contribution in [0.1, 0.15) is 5.82 Å². The van der Waals surface area contributed by atoms with Gasteiger partial charge in [0.05, 0.1) is 17.0 Å². The Morgan fingerprint density at radius 1 is 1.42 bits per heavy atom. The highest BCUT2D eigenvalue weighted by molar-refractivity contribution is 7.91. The maximum Gasteiger partial charge on any atom is 0.153 e. The minimum atomic E-state index is -2.97. The molecule has 1 aromatic heterocycles. The van der Waals surface area contributed by atoms with Crippen LogP contribution in [0.4, 0.5) is 4.39 Å². The fraction of sp³-hybridized carbons (Fsp3) is 0.417. The molecule has 0 amide bonds. The third kappa shape index (κ3) is 2.62. The van der Waals surface area contributed by atoms with Gasteiger partial charge in [-0.15, -0.1) is 0 Å². The van der Waals surface area contributed by atoms with Crippen LogP contribution in [0.3, 0.4) is 0 Å². The average Bonchev–Trinajstić information content (AvgIpc) is 2.71. The first-order chi connectivity index (χ1) is 9.03. The van der Waals surface area contributed by atoms with Crippen molar-refractivity contribution in [3.63, 3.8) is 0 Å². The van der Waals surface area contributed by atoms with Crippen molar-refractivity contribution in [1.29, 1.82) is 0 Å². The van der Waals surface area contributed by atoms with Gasteiger partial charge in [-0.2, -0.15) is 0 Å². The first kappa shape index (κ1) is 12.6. The molecule has 2 heterocycles. The number of halogens is 1. The van der Waals surface area contributed by atoms with Crippen molar-refractivity contribution in [2.24, 2.45) is 0 Å². The number of aromatic amines is 1. The van der Waals surface area contributed by atoms with E-state index >= 15 is 0 Å². The van der Waals surface area contributed by atoms with Crippen molar-refractivity contribution < 1.29 is 12.8 Å². The number of benzene rings is 1. The Balaban J connectivity index is 1.84. The van der Waals surface area contributed by atoms with Crippen LogP contribution in [0.15, 0.2) is 18.2 Å². The Morgan fingerprint density at radius 2 is 2.26 bits per heavy atom. The molecular formula is C12H14FN3O2S. The summed E-state index contributed by atoms with van der Waals surface area (Å²) in [5, 5.41) is 3.15. The van der Waals surface area contributed by atoms with E-state index in [0.29, 0.717) is 29.8 Å². The van der Waals surface area contributed by atoms with Crippen LogP contribution in [0, 0.1) is 5.82 Å². The molecule has 1 aliphatic rings. The minimum Gasteiger partial charge on any atom is -0.342 e. The van der Waals surface area contributed by atoms with Gasteiger partial charge in [-0.05, 0) is 12.1 Å². The van der Waals surface area contributed by atoms with E-state index in [0.717, 1.165) is 0 Å². The summed E-state index contributed by atoms with van der Waals surface area (Å²) in [6.07, 6.45) is 0.452. The number of fused-ring (bicyclic) bond motifs is 1. The van der Waals surface area contributed by atoms with Gasteiger partial charge in [0.15, 0.2) is 15.7 Å². The molecule has 0 radical (unpaired) electrons. The highest BCUT2D eigenvalue weighted by Crippen LogP contribution is 2.16. The predicted octanol–water partition coefficient (Wildman–Crippen LogP) is 0.631. The number of imidazole rings is 1. The van der Waals surface area contributed by atoms with E-state index in [1.807, 2.05) is 0 Å². The first-order valence-electron chi connectivity index (χ1n) is 6.10. The number of hydrogen-bond donors (Lipinski definition) is 2. The number of para-hydroxylation sites is 1. The normalized spacial score (nSPS) is 22.7. The lowest BCUT2D eigenvalue weighted by Crippen LogP contribution is -2.46. The smallest absolute Gasteiger partial charge is 0.153 e. The highest BCUT2D eigenvalue weighted by atomic mass is 32.2. The lowest BCUT2D eigenvalue weighted by Gasteiger charge is -2.22. The average molecular weight is 283 g/mol. The topological polar surface area (TPSA) is 74.8 Å². The second kappa shape index (κ2) is 4.57. The number of nitrogens with one attached hydrogen (secondary N) is 2. The van der Waals surface area contributed by atoms with Gasteiger partial charge in [-0.25, -0.2) is 17.8 Å². The Kier molecular flexibility index (Phi) is 3.02. The van der Waals surface area contributed by atoms with Crippen molar-refractivity contribution in [2.75, 3.05) is 18.1 Å². The molecule has 2 aromatic rings. The molecule has 1 unspecified atom stereocenters. The molecular weight excluding hydrogens is 269 g/mol. The van der Waals surface area contributed by atoms with Gasteiger partial charge in [-0.1, -0.05) is 6.07 Å². The quantitative estimate of drug-likeness (QED) is 0.848. The Morgan fingerprint density at radius 3 is 3.00 bits per heavy atom. The standard InChI is InChI=1S/C12H14FN3O2S/c13-9-2-1-3-10-12(9)16-11(15-10)6-8-7-19(17,18)5-4-14-8/h1-3,8,14H,4-7H2,(H,15,16). The molecule has 0 spiro atoms. The van der Waals surface area contributed by atoms with Crippen LogP contribution >= 0.6 is 0 Å². The molecule has 19 heavy (non-hydrogen) atoms. The largest absolute Gasteiger partial charge is 0.342 e. The maximum atomic E-state index is 13.5. The van der Waals surface area contributed by atoms with Gasteiger partial charge in [0, 0.05) is 19.0 Å². The predicted molar refractivity (Wildman–Crippen MR) is 70.2 cm³/mol. The van der Waals surface area contributed by atoms with E-state index < -0.39 is 9.84 Å². The molecule has 0 saturated carbocycles. The Hall–Kier alpha value is -1.47. The molecule has 1 fully saturated rings. The number of aromatic nitrogens is 2. The molecule has 7 heteroatoms. The van der Waals surface area contributed by atoms with E-state index in [1.165, 1.54) is 6.07 Å². The molecule has 1 atom stereocenters. The second-order valence-corrected chi connectivity index (χ2v) is 7.02. The fourth-order valence-electron chi connectivity index (χ4n) is 2.38. The summed E-state index contributed by atoms with van der Waals surface area (Å²) in [6, 6.07) is 4.56. The zero-order chi connectivity index (χ0) is 13.5. The van der Waals surface area contributed by atoms with Gasteiger partial charge < -0.3 is 10.3 Å². The van der Waals surface area contributed by atoms with Crippen LogP contribution in [-0.2, 0) is 16.3 Å². The number of hydrogen-bond acceptors (Lipinski definition) is 4. The third-order valence-electron chi connectivity index (χ3n) is 3.25. The summed E-state index contributed by atoms with van der Waals surface area (Å²) in [5.41, 5.74) is 0.935. The van der Waals surface area contributed by atoms with Crippen LogP contribution < -0.4 is 5.32 Å². The van der Waals surface area contributed by atoms with E-state index in [1.54, 1.807) is 12.1 Å². The van der Waals surface area contributed by atoms with E-state index in [-0.39, 0.29) is 23.4 Å². The molecule has 1 aromatic carbocycles. The highest BCUT2D eigenvalue weighted by Gasteiger charge is 2.25. The number of H-pyrrole nitrogens is 1. The van der Waals surface area contributed by atoms with E-state index in [9.17, 15) is 12.8 Å². The van der Waals surface area contributed by atoms with Gasteiger partial charge >= 0.3 is 0 Å². The summed E-state index contributed by atoms with van der Waals surface area (Å²) in [5.74, 6) is 0.518. The zero-order valence-electron chi connectivity index (χ0n) is 10.2. The molecule has 5 nitrogen and oxygen atoms in total. The minimum absolute atomic E-state index is 0.104. The van der Waals surface area contributed by atoms with Gasteiger partial charge in [-0.3, -0.25) is 0 Å². The van der Waals surface area contributed by atoms with Crippen molar-refractivity contribution in [1.82, 2.24) is 15.3 Å². The van der Waals surface area contributed by atoms with Crippen molar-refractivity contribution >= 4 is 20.9 Å². The summed E-state index contributed by atoms with van der Waals surface area (Å²) in [6.45, 7) is 0.460. The lowest BCUT2D eigenvalue weighted by atomic mass is 10.2. The molecule has 102 valence electrons. The van der Waals surface area contributed by atoms with Crippen molar-refractivity contribution in [3.8, 4) is 0 Å². The summed E-state index contributed by atoms with van der Waals surface area (Å²) >= 11 is 0. The lowest BCUT2D eigenvalue weighted by molar-refractivity contribution is 0.510. The molecule has 0 aliphatic carbocycles. The van der Waals surface area contributed by atoms with Crippen LogP contribution in [0.2, 0.25) is 0 Å². The number of nitrogens with zero attached hydrogens (tertiary/aromatic N) is 1. The van der Waals surface area contributed by atoms with Gasteiger partial charge in [0.1, 0.15) is 11.3 Å². The molecule has 0 bridgehead atoms. The summed E-state index contributed by atoms with van der Waals surface area (Å²) in [4.78, 5) is 7.21. The third-order valence-corrected chi connectivity index (χ3v) is 4.99. The molecule has 2 N–H and O–H groups in total. The molecule has 3 rings (SSSR count). The van der Waals surface area contributed by atoms with Crippen molar-refractivity contribution in [2.45, 2.75) is 12.5 Å². The summed E-state index contributed by atoms with van der Waals surface area (Å²) in [7, 11) is -2.97. The molecule has 1 aliphatic heterocycles. The maximum absolute atomic E-state index is 13.5. The van der Waals surface area contributed by atoms with E-state index in [2.05, 4.69) is 15.3 Å². The Bertz CT molecular complexity index is 711.